The van der Waals surface area contributed by atoms with Crippen LogP contribution in [-0.4, -0.2) is 70.7 Å². The number of nitrogens with one attached hydrogen (secondary N) is 1. The third-order valence-corrected chi connectivity index (χ3v) is 13.4. The molecule has 0 radical (unpaired) electrons. The number of amides is 1. The van der Waals surface area contributed by atoms with Gasteiger partial charge in [0.15, 0.2) is 0 Å². The number of alkyl halides is 3. The summed E-state index contributed by atoms with van der Waals surface area (Å²) in [6.45, 7) is 5.25. The maximum atomic E-state index is 14.9. The van der Waals surface area contributed by atoms with E-state index in [4.69, 9.17) is 30.5 Å². The number of hydrogen-bond donors (Lipinski definition) is 2. The van der Waals surface area contributed by atoms with E-state index in [0.717, 1.165) is 64.9 Å². The summed E-state index contributed by atoms with van der Waals surface area (Å²) in [5.74, 6) is 1.24. The molecule has 1 spiro atoms. The van der Waals surface area contributed by atoms with Gasteiger partial charge >= 0.3 is 6.18 Å². The molecule has 0 unspecified atom stereocenters. The number of carbonyl (C=O) groups excluding carboxylic acids is 1. The van der Waals surface area contributed by atoms with Crippen LogP contribution in [-0.2, 0) is 30.4 Å². The quantitative estimate of drug-likeness (QED) is 0.161. The second-order valence-corrected chi connectivity index (χ2v) is 17.2. The van der Waals surface area contributed by atoms with Crippen LogP contribution in [0.3, 0.4) is 0 Å². The van der Waals surface area contributed by atoms with Crippen molar-refractivity contribution in [3.8, 4) is 34.2 Å². The van der Waals surface area contributed by atoms with Crippen LogP contribution < -0.4 is 14.8 Å². The molecule has 5 heterocycles. The van der Waals surface area contributed by atoms with Crippen LogP contribution in [0, 0.1) is 6.92 Å². The van der Waals surface area contributed by atoms with Gasteiger partial charge in [-0.15, -0.1) is 0 Å². The second-order valence-electron chi connectivity index (χ2n) is 16.8. The summed E-state index contributed by atoms with van der Waals surface area (Å²) in [5, 5.41) is 14.1. The van der Waals surface area contributed by atoms with Gasteiger partial charge in [-0.3, -0.25) is 14.6 Å². The highest BCUT2D eigenvalue weighted by molar-refractivity contribution is 6.31. The van der Waals surface area contributed by atoms with E-state index in [1.165, 1.54) is 0 Å². The molecule has 13 heteroatoms. The number of rotatable bonds is 8. The Kier molecular flexibility index (Phi) is 9.09. The zero-order valence-corrected chi connectivity index (χ0v) is 33.1. The van der Waals surface area contributed by atoms with Crippen LogP contribution in [0.2, 0.25) is 5.02 Å². The Bertz CT molecular complexity index is 2480. The number of furan rings is 1. The molecule has 3 aromatic carbocycles. The summed E-state index contributed by atoms with van der Waals surface area (Å²) in [6, 6.07) is 17.3. The zero-order valence-electron chi connectivity index (χ0n) is 32.3. The third kappa shape index (κ3) is 6.34. The number of ether oxygens (including phenoxy) is 2. The van der Waals surface area contributed by atoms with Gasteiger partial charge in [0.2, 0.25) is 17.7 Å². The molecule has 5 aromatic rings. The first kappa shape index (κ1) is 37.6. The van der Waals surface area contributed by atoms with Crippen molar-refractivity contribution >= 4 is 28.5 Å². The molecule has 2 aliphatic carbocycles. The third-order valence-electron chi connectivity index (χ3n) is 13.1. The lowest BCUT2D eigenvalue weighted by molar-refractivity contribution is -0.137. The number of fused-ring (bicyclic) bond motifs is 3. The average molecular weight is 813 g/mol. The standard InChI is InChI=1S/C45H44ClF3N4O5/c1-24-28(5-3-6-29(24)38-19-25-17-34-33(40(41(25)57-38)45(47,48)49)9-11-36(34)53-16-14-27(54)21-53)30-7-4-8-32-31(30)10-12-37(32)58-43-35(46)18-26(42(50-43)56-2)20-52-22-44(23-52)15-13-39(55)51-44/h3-8,17-19,27,36-37,54H,9-16,20-23H2,1-2H3,(H,51,55)/t27-,36-,37+/m1/s1. The lowest BCUT2D eigenvalue weighted by Gasteiger charge is -2.48. The van der Waals surface area contributed by atoms with Gasteiger partial charge in [-0.2, -0.15) is 18.2 Å². The Morgan fingerprint density at radius 1 is 0.983 bits per heavy atom. The highest BCUT2D eigenvalue weighted by Gasteiger charge is 2.48. The maximum absolute atomic E-state index is 14.9. The molecule has 302 valence electrons. The summed E-state index contributed by atoms with van der Waals surface area (Å²) in [5.41, 5.74) is 6.70. The highest BCUT2D eigenvalue weighted by atomic mass is 35.5. The Labute approximate surface area is 339 Å². The number of hydrogen-bond acceptors (Lipinski definition) is 8. The van der Waals surface area contributed by atoms with E-state index in [0.29, 0.717) is 90.8 Å². The van der Waals surface area contributed by atoms with Gasteiger partial charge in [0.05, 0.1) is 18.8 Å². The number of methoxy groups -OCH3 is 1. The number of likely N-dealkylation sites (tertiary alicyclic amines) is 2. The Morgan fingerprint density at radius 3 is 2.50 bits per heavy atom. The molecular weight excluding hydrogens is 769 g/mol. The predicted molar refractivity (Wildman–Crippen MR) is 213 cm³/mol. The average Bonchev–Trinajstić information content (AvgIpc) is 4.02. The number of carbonyl (C=O) groups is 1. The smallest absolute Gasteiger partial charge is 0.420 e. The van der Waals surface area contributed by atoms with Gasteiger partial charge in [0, 0.05) is 61.7 Å². The largest absolute Gasteiger partial charge is 0.481 e. The van der Waals surface area contributed by atoms with Crippen molar-refractivity contribution in [2.75, 3.05) is 33.3 Å². The number of benzene rings is 3. The normalized spacial score (nSPS) is 22.7. The number of aliphatic hydroxyl groups excluding tert-OH is 1. The van der Waals surface area contributed by atoms with Gasteiger partial charge in [-0.25, -0.2) is 0 Å². The van der Waals surface area contributed by atoms with E-state index in [9.17, 15) is 23.1 Å². The maximum Gasteiger partial charge on any atom is 0.420 e. The summed E-state index contributed by atoms with van der Waals surface area (Å²) < 4.78 is 63.0. The van der Waals surface area contributed by atoms with Crippen molar-refractivity contribution in [1.29, 1.82) is 0 Å². The van der Waals surface area contributed by atoms with Crippen LogP contribution in [0.15, 0.2) is 59.0 Å². The Balaban J connectivity index is 0.926. The first-order valence-electron chi connectivity index (χ1n) is 20.1. The molecular formula is C45H44ClF3N4O5. The number of nitrogens with zero attached hydrogens (tertiary/aromatic N) is 3. The minimum absolute atomic E-state index is 0.110. The SMILES string of the molecule is COc1nc(O[C@H]2CCc3c(-c4cccc(-c5cc6cc7c(c(C(F)(F)F)c6o5)CC[C@H]7N5CC[C@@H](O)C5)c4C)cccc32)c(Cl)cc1CN1CC2(CCC(=O)N2)C1. The molecule has 1 amide bonds. The van der Waals surface area contributed by atoms with Gasteiger partial charge in [-0.1, -0.05) is 48.0 Å². The van der Waals surface area contributed by atoms with Crippen LogP contribution in [0.4, 0.5) is 13.2 Å². The Morgan fingerprint density at radius 2 is 1.76 bits per heavy atom. The van der Waals surface area contributed by atoms with Crippen molar-refractivity contribution in [1.82, 2.24) is 20.1 Å². The lowest BCUT2D eigenvalue weighted by atomic mass is 9.88. The van der Waals surface area contributed by atoms with E-state index in [-0.39, 0.29) is 29.2 Å². The zero-order chi connectivity index (χ0) is 40.1. The van der Waals surface area contributed by atoms with Crippen molar-refractivity contribution in [2.24, 2.45) is 0 Å². The van der Waals surface area contributed by atoms with Crippen LogP contribution >= 0.6 is 11.6 Å². The van der Waals surface area contributed by atoms with Crippen molar-refractivity contribution in [3.05, 3.63) is 98.6 Å². The summed E-state index contributed by atoms with van der Waals surface area (Å²) in [7, 11) is 1.58. The molecule has 58 heavy (non-hydrogen) atoms. The van der Waals surface area contributed by atoms with Crippen LogP contribution in [0.25, 0.3) is 33.4 Å². The summed E-state index contributed by atoms with van der Waals surface area (Å²) >= 11 is 6.81. The summed E-state index contributed by atoms with van der Waals surface area (Å²) in [6.07, 6.45) is -0.924. The van der Waals surface area contributed by atoms with Crippen LogP contribution in [0.5, 0.6) is 11.8 Å². The van der Waals surface area contributed by atoms with Crippen molar-refractivity contribution in [2.45, 2.75) is 88.4 Å². The first-order valence-corrected chi connectivity index (χ1v) is 20.5. The monoisotopic (exact) mass is 812 g/mol. The highest BCUT2D eigenvalue weighted by Crippen LogP contribution is 2.50. The molecule has 5 aliphatic rings. The van der Waals surface area contributed by atoms with Crippen molar-refractivity contribution < 1.29 is 37.0 Å². The molecule has 0 saturated carbocycles. The molecule has 3 aliphatic heterocycles. The topological polar surface area (TPSA) is 100 Å². The van der Waals surface area contributed by atoms with Gasteiger partial charge in [0.1, 0.15) is 28.0 Å². The van der Waals surface area contributed by atoms with Gasteiger partial charge in [0.25, 0.3) is 0 Å². The van der Waals surface area contributed by atoms with E-state index in [2.05, 4.69) is 27.2 Å². The predicted octanol–water partition coefficient (Wildman–Crippen LogP) is 8.74. The molecule has 2 N–H and O–H groups in total. The fraction of sp³-hybridized carbons (Fsp3) is 0.422. The van der Waals surface area contributed by atoms with Crippen molar-refractivity contribution in [3.63, 3.8) is 0 Å². The van der Waals surface area contributed by atoms with Gasteiger partial charge in [-0.05, 0) is 103 Å². The fourth-order valence-electron chi connectivity index (χ4n) is 10.5. The molecule has 3 atom stereocenters. The molecule has 3 fully saturated rings. The number of aromatic nitrogens is 1. The summed E-state index contributed by atoms with van der Waals surface area (Å²) in [4.78, 5) is 20.9. The fourth-order valence-corrected chi connectivity index (χ4v) is 10.7. The first-order chi connectivity index (χ1) is 27.9. The van der Waals surface area contributed by atoms with E-state index in [1.807, 2.05) is 43.3 Å². The lowest BCUT2D eigenvalue weighted by Crippen LogP contribution is -2.66. The number of aliphatic hydroxyl groups is 1. The minimum atomic E-state index is -4.58. The van der Waals surface area contributed by atoms with E-state index < -0.39 is 17.8 Å². The minimum Gasteiger partial charge on any atom is -0.481 e. The van der Waals surface area contributed by atoms with E-state index in [1.54, 1.807) is 13.2 Å². The number of β-amino-alcohol motifs (C(OH)–C–C–N with tert-alkyl or cyclic N) is 1. The molecule has 0 bridgehead atoms. The Hall–Kier alpha value is -4.62. The van der Waals surface area contributed by atoms with E-state index >= 15 is 0 Å². The van der Waals surface area contributed by atoms with Gasteiger partial charge < -0.3 is 24.3 Å². The van der Waals surface area contributed by atoms with Crippen LogP contribution in [0.1, 0.15) is 83.2 Å². The molecule has 3 saturated heterocycles. The molecule has 2 aromatic heterocycles. The second kappa shape index (κ2) is 14.0. The number of halogens is 4. The molecule has 9 nitrogen and oxygen atoms in total. The number of pyridine rings is 1. The molecule has 10 rings (SSSR count).